The number of fused-ring (bicyclic) bond motifs is 3. The maximum Gasteiger partial charge on any atom is 0.0467 e. The minimum Gasteiger partial charge on any atom is -0.310 e. The lowest BCUT2D eigenvalue weighted by molar-refractivity contribution is 0.444. The maximum absolute atomic E-state index is 2.47. The van der Waals surface area contributed by atoms with Crippen molar-refractivity contribution in [1.29, 1.82) is 0 Å². The van der Waals surface area contributed by atoms with E-state index < -0.39 is 0 Å². The fourth-order valence-corrected chi connectivity index (χ4v) is 9.98. The Labute approximate surface area is 344 Å². The Morgan fingerprint density at radius 1 is 0.379 bits per heavy atom. The zero-order valence-corrected chi connectivity index (χ0v) is 33.5. The fraction of sp³-hybridized carbons (Fsp3) is 0.158. The predicted molar refractivity (Wildman–Crippen MR) is 246 cm³/mol. The Morgan fingerprint density at radius 3 is 1.62 bits per heavy atom. The van der Waals surface area contributed by atoms with Crippen LogP contribution in [-0.4, -0.2) is 0 Å². The van der Waals surface area contributed by atoms with Crippen LogP contribution in [0.5, 0.6) is 0 Å². The molecule has 0 saturated heterocycles. The fourth-order valence-electron chi connectivity index (χ4n) is 9.98. The van der Waals surface area contributed by atoms with Crippen molar-refractivity contribution in [1.82, 2.24) is 0 Å². The Balaban J connectivity index is 1.12. The minimum atomic E-state index is -0.104. The Morgan fingerprint density at radius 2 is 0.914 bits per heavy atom. The van der Waals surface area contributed by atoms with Crippen LogP contribution in [0.25, 0.3) is 55.6 Å². The SMILES string of the molecule is CC1(C)c2ccccc2-c2ccc(N(c3ccc(-c4c(-c5ccccc5)cccc4-c4ccccc4)cc3)c3cccc(-c4ccccc4C4CCCCC4)c3)cc21. The number of benzene rings is 8. The van der Waals surface area contributed by atoms with Gasteiger partial charge < -0.3 is 4.90 Å². The van der Waals surface area contributed by atoms with Gasteiger partial charge in [-0.2, -0.15) is 0 Å². The Hall–Kier alpha value is -6.44. The molecule has 2 aliphatic carbocycles. The van der Waals surface area contributed by atoms with Crippen molar-refractivity contribution in [2.24, 2.45) is 0 Å². The van der Waals surface area contributed by atoms with Crippen molar-refractivity contribution in [3.8, 4) is 55.6 Å². The van der Waals surface area contributed by atoms with Gasteiger partial charge in [0.1, 0.15) is 0 Å². The molecule has 1 fully saturated rings. The van der Waals surface area contributed by atoms with Gasteiger partial charge >= 0.3 is 0 Å². The van der Waals surface area contributed by atoms with E-state index in [1.165, 1.54) is 110 Å². The van der Waals surface area contributed by atoms with Crippen molar-refractivity contribution >= 4 is 17.1 Å². The normalized spacial score (nSPS) is 14.4. The van der Waals surface area contributed by atoms with Crippen molar-refractivity contribution in [3.05, 3.63) is 211 Å². The van der Waals surface area contributed by atoms with Crippen molar-refractivity contribution in [2.75, 3.05) is 4.90 Å². The Kier molecular flexibility index (Phi) is 9.38. The van der Waals surface area contributed by atoms with Gasteiger partial charge in [-0.1, -0.05) is 191 Å². The van der Waals surface area contributed by atoms with Crippen molar-refractivity contribution in [2.45, 2.75) is 57.3 Å². The van der Waals surface area contributed by atoms with Crippen molar-refractivity contribution in [3.63, 3.8) is 0 Å². The van der Waals surface area contributed by atoms with Crippen LogP contribution in [0.15, 0.2) is 194 Å². The molecule has 8 aromatic rings. The van der Waals surface area contributed by atoms with Crippen LogP contribution < -0.4 is 4.90 Å². The van der Waals surface area contributed by atoms with E-state index in [4.69, 9.17) is 0 Å². The molecule has 1 heteroatoms. The first-order chi connectivity index (χ1) is 28.5. The van der Waals surface area contributed by atoms with E-state index in [9.17, 15) is 0 Å². The summed E-state index contributed by atoms with van der Waals surface area (Å²) in [4.78, 5) is 2.47. The molecule has 1 saturated carbocycles. The maximum atomic E-state index is 2.47. The minimum absolute atomic E-state index is 0.104. The van der Waals surface area contributed by atoms with Gasteiger partial charge in [0.2, 0.25) is 0 Å². The van der Waals surface area contributed by atoms with Gasteiger partial charge in [0.25, 0.3) is 0 Å². The predicted octanol–water partition coefficient (Wildman–Crippen LogP) is 16.2. The van der Waals surface area contributed by atoms with Gasteiger partial charge in [0, 0.05) is 22.5 Å². The summed E-state index contributed by atoms with van der Waals surface area (Å²) >= 11 is 0. The molecular weight excluding hydrogens is 699 g/mol. The van der Waals surface area contributed by atoms with Crippen LogP contribution in [0.1, 0.15) is 68.6 Å². The lowest BCUT2D eigenvalue weighted by Crippen LogP contribution is -2.16. The molecule has 0 spiro atoms. The molecule has 0 bridgehead atoms. The van der Waals surface area contributed by atoms with Crippen molar-refractivity contribution < 1.29 is 0 Å². The summed E-state index contributed by atoms with van der Waals surface area (Å²) in [6.45, 7) is 4.75. The summed E-state index contributed by atoms with van der Waals surface area (Å²) < 4.78 is 0. The summed E-state index contributed by atoms with van der Waals surface area (Å²) in [7, 11) is 0. The highest BCUT2D eigenvalue weighted by Crippen LogP contribution is 2.51. The average Bonchev–Trinajstić information content (AvgIpc) is 3.52. The zero-order valence-electron chi connectivity index (χ0n) is 33.5. The number of hydrogen-bond acceptors (Lipinski definition) is 1. The molecule has 0 amide bonds. The van der Waals surface area contributed by atoms with Crippen LogP contribution in [0.2, 0.25) is 0 Å². The molecule has 0 unspecified atom stereocenters. The van der Waals surface area contributed by atoms with Crippen LogP contribution >= 0.6 is 0 Å². The monoisotopic (exact) mass is 747 g/mol. The summed E-state index contributed by atoms with van der Waals surface area (Å²) in [6, 6.07) is 72.1. The van der Waals surface area contributed by atoms with Crippen LogP contribution in [0.4, 0.5) is 17.1 Å². The topological polar surface area (TPSA) is 3.24 Å². The summed E-state index contributed by atoms with van der Waals surface area (Å²) in [5, 5.41) is 0. The van der Waals surface area contributed by atoms with Crippen LogP contribution in [0, 0.1) is 0 Å². The zero-order chi connectivity index (χ0) is 39.1. The molecule has 10 rings (SSSR count). The lowest BCUT2D eigenvalue weighted by atomic mass is 9.81. The van der Waals surface area contributed by atoms with Gasteiger partial charge in [-0.15, -0.1) is 0 Å². The number of rotatable bonds is 8. The molecule has 1 nitrogen and oxygen atoms in total. The first-order valence-electron chi connectivity index (χ1n) is 21.1. The molecule has 0 heterocycles. The van der Waals surface area contributed by atoms with E-state index in [0.29, 0.717) is 5.92 Å². The van der Waals surface area contributed by atoms with Crippen LogP contribution in [-0.2, 0) is 5.41 Å². The second-order valence-corrected chi connectivity index (χ2v) is 16.7. The molecule has 0 aliphatic heterocycles. The van der Waals surface area contributed by atoms with Crippen LogP contribution in [0.3, 0.4) is 0 Å². The first kappa shape index (κ1) is 35.9. The third-order valence-electron chi connectivity index (χ3n) is 12.9. The highest BCUT2D eigenvalue weighted by molar-refractivity contribution is 5.95. The second-order valence-electron chi connectivity index (χ2n) is 16.7. The highest BCUT2D eigenvalue weighted by atomic mass is 15.1. The average molecular weight is 748 g/mol. The molecule has 0 aromatic heterocycles. The smallest absolute Gasteiger partial charge is 0.0467 e. The summed E-state index contributed by atoms with van der Waals surface area (Å²) in [5.74, 6) is 0.623. The van der Waals surface area contributed by atoms with Gasteiger partial charge in [0.05, 0.1) is 0 Å². The van der Waals surface area contributed by atoms with E-state index in [-0.39, 0.29) is 5.41 Å². The largest absolute Gasteiger partial charge is 0.310 e. The third kappa shape index (κ3) is 6.45. The van der Waals surface area contributed by atoms with E-state index in [1.807, 2.05) is 0 Å². The second kappa shape index (κ2) is 15.1. The summed E-state index contributed by atoms with van der Waals surface area (Å²) in [6.07, 6.45) is 6.56. The molecule has 58 heavy (non-hydrogen) atoms. The number of nitrogens with zero attached hydrogens (tertiary/aromatic N) is 1. The molecule has 2 aliphatic rings. The quantitative estimate of drug-likeness (QED) is 0.150. The van der Waals surface area contributed by atoms with Gasteiger partial charge in [-0.3, -0.25) is 0 Å². The standard InChI is InChI=1S/C57H49N/c1-57(2)54-31-15-14-28-52(54)53-37-36-47(39-55(53)57)58(46-25-16-24-44(38-46)49-27-13-12-26-48(49)40-18-6-3-7-19-40)45-34-32-43(33-35-45)56-50(41-20-8-4-9-21-41)29-17-30-51(56)42-22-10-5-11-23-42/h4-5,8-17,20-40H,3,6-7,18-19H2,1-2H3. The van der Waals surface area contributed by atoms with E-state index in [1.54, 1.807) is 0 Å². The Bertz CT molecular complexity index is 2660. The van der Waals surface area contributed by atoms with Gasteiger partial charge in [0.15, 0.2) is 0 Å². The van der Waals surface area contributed by atoms with E-state index in [0.717, 1.165) is 11.4 Å². The van der Waals surface area contributed by atoms with E-state index in [2.05, 4.69) is 213 Å². The first-order valence-corrected chi connectivity index (χ1v) is 21.1. The molecular formula is C57H49N. The molecule has 0 N–H and O–H groups in total. The third-order valence-corrected chi connectivity index (χ3v) is 12.9. The molecule has 8 aromatic carbocycles. The molecule has 0 radical (unpaired) electrons. The molecule has 0 atom stereocenters. The van der Waals surface area contributed by atoms with Gasteiger partial charge in [-0.05, 0) is 127 Å². The number of hydrogen-bond donors (Lipinski definition) is 0. The number of anilines is 3. The highest BCUT2D eigenvalue weighted by Gasteiger charge is 2.36. The lowest BCUT2D eigenvalue weighted by Gasteiger charge is -2.29. The summed E-state index contributed by atoms with van der Waals surface area (Å²) in [5.41, 5.74) is 20.3. The molecule has 282 valence electrons. The van der Waals surface area contributed by atoms with Gasteiger partial charge in [-0.25, -0.2) is 0 Å². The van der Waals surface area contributed by atoms with E-state index >= 15 is 0 Å².